The van der Waals surface area contributed by atoms with Gasteiger partial charge in [0.1, 0.15) is 11.5 Å². The third-order valence-corrected chi connectivity index (χ3v) is 3.07. The highest BCUT2D eigenvalue weighted by Crippen LogP contribution is 2.27. The van der Waals surface area contributed by atoms with Crippen molar-refractivity contribution >= 4 is 34.9 Å². The molecule has 0 aliphatic rings. The molecule has 0 aliphatic carbocycles. The number of nitrogens with zero attached hydrogens (tertiary/aromatic N) is 1. The highest BCUT2D eigenvalue weighted by molar-refractivity contribution is 6.34. The summed E-state index contributed by atoms with van der Waals surface area (Å²) in [6.07, 6.45) is 0. The van der Waals surface area contributed by atoms with Crippen molar-refractivity contribution in [3.63, 3.8) is 0 Å². The molecule has 0 aliphatic heterocycles. The molecular formula is C14H9Cl2NO5. The summed E-state index contributed by atoms with van der Waals surface area (Å²) in [6, 6.07) is 9.72. The molecule has 0 radical (unpaired) electrons. The average Bonchev–Trinajstić information content (AvgIpc) is 2.49. The zero-order chi connectivity index (χ0) is 16.1. The first-order valence-corrected chi connectivity index (χ1v) is 6.74. The number of carbonyl (C=O) groups is 1. The molecule has 0 aromatic heterocycles. The van der Waals surface area contributed by atoms with Crippen molar-refractivity contribution in [3.8, 4) is 11.5 Å². The van der Waals surface area contributed by atoms with Gasteiger partial charge in [-0.25, -0.2) is 4.79 Å². The first-order valence-electron chi connectivity index (χ1n) is 5.98. The van der Waals surface area contributed by atoms with E-state index in [0.717, 1.165) is 0 Å². The number of nitro groups is 1. The predicted octanol–water partition coefficient (Wildman–Crippen LogP) is 3.89. The second-order valence-corrected chi connectivity index (χ2v) is 4.93. The van der Waals surface area contributed by atoms with Crippen molar-refractivity contribution < 1.29 is 19.2 Å². The Morgan fingerprint density at radius 1 is 1.14 bits per heavy atom. The van der Waals surface area contributed by atoms with E-state index in [4.69, 9.17) is 32.7 Å². The molecule has 0 unspecified atom stereocenters. The van der Waals surface area contributed by atoms with Crippen LogP contribution in [0.1, 0.15) is 0 Å². The summed E-state index contributed by atoms with van der Waals surface area (Å²) < 4.78 is 10.2. The quantitative estimate of drug-likeness (QED) is 0.357. The van der Waals surface area contributed by atoms with Gasteiger partial charge in [-0.05, 0) is 24.3 Å². The highest BCUT2D eigenvalue weighted by atomic mass is 35.5. The first kappa shape index (κ1) is 16.1. The molecule has 0 atom stereocenters. The smallest absolute Gasteiger partial charge is 0.349 e. The Balaban J connectivity index is 1.92. The lowest BCUT2D eigenvalue weighted by atomic mass is 10.3. The molecule has 0 saturated carbocycles. The Morgan fingerprint density at radius 3 is 2.45 bits per heavy atom. The van der Waals surface area contributed by atoms with Gasteiger partial charge in [-0.15, -0.1) is 0 Å². The lowest BCUT2D eigenvalue weighted by Crippen LogP contribution is -2.17. The van der Waals surface area contributed by atoms with E-state index in [1.165, 1.54) is 30.3 Å². The normalized spacial score (nSPS) is 10.1. The van der Waals surface area contributed by atoms with Gasteiger partial charge in [-0.1, -0.05) is 23.2 Å². The molecule has 22 heavy (non-hydrogen) atoms. The Labute approximate surface area is 135 Å². The second kappa shape index (κ2) is 7.11. The molecule has 8 heteroatoms. The highest BCUT2D eigenvalue weighted by Gasteiger charge is 2.10. The Morgan fingerprint density at radius 2 is 1.82 bits per heavy atom. The van der Waals surface area contributed by atoms with E-state index in [1.807, 2.05) is 0 Å². The summed E-state index contributed by atoms with van der Waals surface area (Å²) in [5, 5.41) is 11.2. The van der Waals surface area contributed by atoms with Crippen LogP contribution in [0.2, 0.25) is 10.0 Å². The third-order valence-electron chi connectivity index (χ3n) is 2.52. The summed E-state index contributed by atoms with van der Waals surface area (Å²) in [4.78, 5) is 21.6. The minimum Gasteiger partial charge on any atom is -0.480 e. The lowest BCUT2D eigenvalue weighted by Gasteiger charge is -2.08. The molecule has 0 fully saturated rings. The van der Waals surface area contributed by atoms with Gasteiger partial charge in [0.2, 0.25) is 0 Å². The van der Waals surface area contributed by atoms with Gasteiger partial charge in [-0.2, -0.15) is 0 Å². The molecular weight excluding hydrogens is 333 g/mol. The van der Waals surface area contributed by atoms with Gasteiger partial charge >= 0.3 is 5.97 Å². The summed E-state index contributed by atoms with van der Waals surface area (Å²) in [5.41, 5.74) is -0.0956. The Kier molecular flexibility index (Phi) is 5.19. The van der Waals surface area contributed by atoms with Gasteiger partial charge in [0.25, 0.3) is 5.69 Å². The maximum absolute atomic E-state index is 11.6. The second-order valence-electron chi connectivity index (χ2n) is 4.09. The SMILES string of the molecule is O=C(COc1cc(Cl)ccc1Cl)Oc1ccc([N+](=O)[O-])cc1. The lowest BCUT2D eigenvalue weighted by molar-refractivity contribution is -0.384. The van der Waals surface area contributed by atoms with Gasteiger partial charge < -0.3 is 9.47 Å². The number of hydrogen-bond donors (Lipinski definition) is 0. The number of nitro benzene ring substituents is 1. The van der Waals surface area contributed by atoms with E-state index in [9.17, 15) is 14.9 Å². The summed E-state index contributed by atoms with van der Waals surface area (Å²) in [7, 11) is 0. The molecule has 0 saturated heterocycles. The fourth-order valence-electron chi connectivity index (χ4n) is 1.52. The van der Waals surface area contributed by atoms with Gasteiger partial charge in [0.15, 0.2) is 6.61 Å². The summed E-state index contributed by atoms with van der Waals surface area (Å²) in [5.74, 6) is -0.240. The number of ether oxygens (including phenoxy) is 2. The fraction of sp³-hybridized carbons (Fsp3) is 0.0714. The van der Waals surface area contributed by atoms with E-state index in [1.54, 1.807) is 12.1 Å². The minimum atomic E-state index is -0.676. The van der Waals surface area contributed by atoms with Crippen LogP contribution in [0, 0.1) is 10.1 Å². The molecule has 0 bridgehead atoms. The van der Waals surface area contributed by atoms with Crippen LogP contribution >= 0.6 is 23.2 Å². The van der Waals surface area contributed by atoms with E-state index in [-0.39, 0.29) is 23.8 Å². The molecule has 2 aromatic carbocycles. The molecule has 2 rings (SSSR count). The van der Waals surface area contributed by atoms with Crippen LogP contribution in [-0.4, -0.2) is 17.5 Å². The standard InChI is InChI=1S/C14H9Cl2NO5/c15-9-1-6-12(16)13(7-9)21-8-14(18)22-11-4-2-10(3-5-11)17(19)20/h1-7H,8H2. The molecule has 114 valence electrons. The van der Waals surface area contributed by atoms with Crippen LogP contribution in [0.25, 0.3) is 0 Å². The van der Waals surface area contributed by atoms with Crippen LogP contribution in [0.5, 0.6) is 11.5 Å². The fourth-order valence-corrected chi connectivity index (χ4v) is 1.86. The summed E-state index contributed by atoms with van der Waals surface area (Å²) in [6.45, 7) is -0.378. The van der Waals surface area contributed by atoms with Crippen LogP contribution in [0.15, 0.2) is 42.5 Å². The van der Waals surface area contributed by atoms with Gasteiger partial charge in [0, 0.05) is 23.2 Å². The molecule has 6 nitrogen and oxygen atoms in total. The number of rotatable bonds is 5. The molecule has 0 amide bonds. The number of non-ortho nitro benzene ring substituents is 1. The van der Waals surface area contributed by atoms with Crippen LogP contribution < -0.4 is 9.47 Å². The molecule has 2 aromatic rings. The number of benzene rings is 2. The van der Waals surface area contributed by atoms with E-state index < -0.39 is 10.9 Å². The van der Waals surface area contributed by atoms with Crippen molar-refractivity contribution in [2.24, 2.45) is 0 Å². The van der Waals surface area contributed by atoms with Gasteiger partial charge in [0.05, 0.1) is 9.95 Å². The Bertz CT molecular complexity index is 703. The van der Waals surface area contributed by atoms with E-state index in [2.05, 4.69) is 0 Å². The van der Waals surface area contributed by atoms with Crippen LogP contribution in [0.4, 0.5) is 5.69 Å². The van der Waals surface area contributed by atoms with Crippen molar-refractivity contribution in [1.82, 2.24) is 0 Å². The zero-order valence-electron chi connectivity index (χ0n) is 11.0. The number of hydrogen-bond acceptors (Lipinski definition) is 5. The number of halogens is 2. The van der Waals surface area contributed by atoms with Crippen molar-refractivity contribution in [2.45, 2.75) is 0 Å². The Hall–Kier alpha value is -2.31. The topological polar surface area (TPSA) is 78.7 Å². The zero-order valence-corrected chi connectivity index (χ0v) is 12.5. The maximum Gasteiger partial charge on any atom is 0.349 e. The van der Waals surface area contributed by atoms with Gasteiger partial charge in [-0.3, -0.25) is 10.1 Å². The largest absolute Gasteiger partial charge is 0.480 e. The monoisotopic (exact) mass is 341 g/mol. The minimum absolute atomic E-state index is 0.0956. The average molecular weight is 342 g/mol. The molecule has 0 spiro atoms. The third kappa shape index (κ3) is 4.34. The van der Waals surface area contributed by atoms with Crippen LogP contribution in [0.3, 0.4) is 0 Å². The van der Waals surface area contributed by atoms with Crippen molar-refractivity contribution in [2.75, 3.05) is 6.61 Å². The first-order chi connectivity index (χ1) is 10.5. The van der Waals surface area contributed by atoms with Crippen LogP contribution in [-0.2, 0) is 4.79 Å². The van der Waals surface area contributed by atoms with Crippen molar-refractivity contribution in [1.29, 1.82) is 0 Å². The maximum atomic E-state index is 11.6. The van der Waals surface area contributed by atoms with Crippen molar-refractivity contribution in [3.05, 3.63) is 62.6 Å². The number of carbonyl (C=O) groups excluding carboxylic acids is 1. The molecule has 0 N–H and O–H groups in total. The van der Waals surface area contributed by atoms with E-state index >= 15 is 0 Å². The summed E-state index contributed by atoms with van der Waals surface area (Å²) >= 11 is 11.7. The predicted molar refractivity (Wildman–Crippen MR) is 80.7 cm³/mol. The number of esters is 1. The molecule has 0 heterocycles. The van der Waals surface area contributed by atoms with E-state index in [0.29, 0.717) is 10.0 Å².